The molecule has 2 heterocycles. The van der Waals surface area contributed by atoms with Gasteiger partial charge in [-0.25, -0.2) is 4.98 Å². The van der Waals surface area contributed by atoms with Crippen molar-refractivity contribution in [2.24, 2.45) is 11.8 Å². The van der Waals surface area contributed by atoms with Crippen molar-refractivity contribution in [2.45, 2.75) is 20.3 Å². The summed E-state index contributed by atoms with van der Waals surface area (Å²) in [6.07, 6.45) is 1.03. The molecule has 1 aliphatic heterocycles. The van der Waals surface area contributed by atoms with Crippen LogP contribution in [0.1, 0.15) is 20.3 Å². The summed E-state index contributed by atoms with van der Waals surface area (Å²) in [6, 6.07) is 5.93. The van der Waals surface area contributed by atoms with Gasteiger partial charge in [-0.3, -0.25) is 4.79 Å². The smallest absolute Gasteiger partial charge is 0.226 e. The molecule has 0 aliphatic carbocycles. The molecular formula is C17H23N3O2S. The van der Waals surface area contributed by atoms with Crippen molar-refractivity contribution >= 4 is 32.6 Å². The van der Waals surface area contributed by atoms with Gasteiger partial charge in [-0.05, 0) is 24.5 Å². The third-order valence-electron chi connectivity index (χ3n) is 4.13. The molecule has 1 aromatic carbocycles. The molecule has 3 rings (SSSR count). The Bertz CT molecular complexity index is 692. The van der Waals surface area contributed by atoms with E-state index >= 15 is 0 Å². The fraction of sp³-hybridized carbons (Fsp3) is 0.529. The molecule has 0 atom stereocenters. The first-order valence-electron chi connectivity index (χ1n) is 8.04. The van der Waals surface area contributed by atoms with E-state index in [-0.39, 0.29) is 11.8 Å². The molecule has 1 fully saturated rings. The Hall–Kier alpha value is -1.82. The van der Waals surface area contributed by atoms with Gasteiger partial charge in [0.05, 0.1) is 23.2 Å². The van der Waals surface area contributed by atoms with Crippen molar-refractivity contribution < 1.29 is 9.53 Å². The van der Waals surface area contributed by atoms with Crippen molar-refractivity contribution in [1.82, 2.24) is 10.3 Å². The van der Waals surface area contributed by atoms with E-state index in [0.29, 0.717) is 5.92 Å². The average Bonchev–Trinajstić information content (AvgIpc) is 2.87. The number of nitrogens with zero attached hydrogens (tertiary/aromatic N) is 2. The summed E-state index contributed by atoms with van der Waals surface area (Å²) in [5, 5.41) is 4.02. The third kappa shape index (κ3) is 3.58. The minimum atomic E-state index is 0.0868. The highest BCUT2D eigenvalue weighted by molar-refractivity contribution is 7.22. The van der Waals surface area contributed by atoms with E-state index in [2.05, 4.69) is 29.0 Å². The number of rotatable bonds is 6. The number of carbonyl (C=O) groups excluding carboxylic acids is 1. The zero-order valence-corrected chi connectivity index (χ0v) is 14.7. The van der Waals surface area contributed by atoms with Crippen LogP contribution in [0.3, 0.4) is 0 Å². The lowest BCUT2D eigenvalue weighted by Gasteiger charge is -2.38. The molecule has 1 amide bonds. The summed E-state index contributed by atoms with van der Waals surface area (Å²) < 4.78 is 6.38. The molecular weight excluding hydrogens is 310 g/mol. The summed E-state index contributed by atoms with van der Waals surface area (Å²) >= 11 is 1.66. The highest BCUT2D eigenvalue weighted by atomic mass is 32.1. The second-order valence-electron chi connectivity index (χ2n) is 6.41. The number of hydrogen-bond donors (Lipinski definition) is 1. The van der Waals surface area contributed by atoms with E-state index in [1.807, 2.05) is 18.2 Å². The average molecular weight is 333 g/mol. The maximum Gasteiger partial charge on any atom is 0.226 e. The molecule has 2 aromatic rings. The lowest BCUT2D eigenvalue weighted by molar-refractivity contribution is -0.125. The van der Waals surface area contributed by atoms with Crippen LogP contribution in [-0.4, -0.2) is 37.6 Å². The number of aromatic nitrogens is 1. The Morgan fingerprint density at radius 2 is 2.26 bits per heavy atom. The molecule has 124 valence electrons. The van der Waals surface area contributed by atoms with Gasteiger partial charge in [-0.15, -0.1) is 0 Å². The van der Waals surface area contributed by atoms with Crippen LogP contribution < -0.4 is 15.0 Å². The molecule has 0 bridgehead atoms. The predicted molar refractivity (Wildman–Crippen MR) is 94.3 cm³/mol. The van der Waals surface area contributed by atoms with Crippen LogP contribution >= 0.6 is 11.3 Å². The Balaban J connectivity index is 1.55. The maximum absolute atomic E-state index is 12.1. The first-order chi connectivity index (χ1) is 11.1. The standard InChI is InChI=1S/C17H23N3O2S/c1-11(2)6-7-18-16(21)12-9-20(10-12)17-19-14-8-13(22-3)4-5-15(14)23-17/h4-5,8,11-12H,6-7,9-10H2,1-3H3,(H,18,21). The largest absolute Gasteiger partial charge is 0.497 e. The Labute approximate surface area is 140 Å². The highest BCUT2D eigenvalue weighted by Gasteiger charge is 2.34. The van der Waals surface area contributed by atoms with Crippen molar-refractivity contribution in [3.63, 3.8) is 0 Å². The number of fused-ring (bicyclic) bond motifs is 1. The summed E-state index contributed by atoms with van der Waals surface area (Å²) in [7, 11) is 1.66. The number of nitrogens with one attached hydrogen (secondary N) is 1. The fourth-order valence-corrected chi connectivity index (χ4v) is 3.55. The van der Waals surface area contributed by atoms with Crippen LogP contribution in [0.25, 0.3) is 10.2 Å². The van der Waals surface area contributed by atoms with Crippen molar-refractivity contribution in [2.75, 3.05) is 31.6 Å². The Morgan fingerprint density at radius 3 is 2.96 bits per heavy atom. The molecule has 1 aliphatic rings. The first-order valence-corrected chi connectivity index (χ1v) is 8.85. The van der Waals surface area contributed by atoms with Gasteiger partial charge in [0.1, 0.15) is 5.75 Å². The molecule has 1 aromatic heterocycles. The predicted octanol–water partition coefficient (Wildman–Crippen LogP) is 2.90. The van der Waals surface area contributed by atoms with Crippen LogP contribution in [0, 0.1) is 11.8 Å². The van der Waals surface area contributed by atoms with Gasteiger partial charge in [0.25, 0.3) is 0 Å². The van der Waals surface area contributed by atoms with Gasteiger partial charge < -0.3 is 15.0 Å². The summed E-state index contributed by atoms with van der Waals surface area (Å²) in [5.74, 6) is 1.70. The van der Waals surface area contributed by atoms with Crippen LogP contribution in [0.2, 0.25) is 0 Å². The summed E-state index contributed by atoms with van der Waals surface area (Å²) in [6.45, 7) is 6.61. The van der Waals surface area contributed by atoms with Gasteiger partial charge in [-0.1, -0.05) is 25.2 Å². The normalized spacial score (nSPS) is 15.0. The van der Waals surface area contributed by atoms with Crippen molar-refractivity contribution in [3.8, 4) is 5.75 Å². The van der Waals surface area contributed by atoms with E-state index < -0.39 is 0 Å². The zero-order chi connectivity index (χ0) is 16.4. The summed E-state index contributed by atoms with van der Waals surface area (Å²) in [5.41, 5.74) is 0.953. The number of hydrogen-bond acceptors (Lipinski definition) is 5. The number of benzene rings is 1. The maximum atomic E-state index is 12.1. The first kappa shape index (κ1) is 16.1. The second-order valence-corrected chi connectivity index (χ2v) is 7.41. The van der Waals surface area contributed by atoms with Gasteiger partial charge in [-0.2, -0.15) is 0 Å². The number of methoxy groups -OCH3 is 1. The topological polar surface area (TPSA) is 54.5 Å². The van der Waals surface area contributed by atoms with E-state index in [4.69, 9.17) is 4.74 Å². The molecule has 0 saturated carbocycles. The van der Waals surface area contributed by atoms with E-state index in [1.165, 1.54) is 0 Å². The molecule has 0 radical (unpaired) electrons. The molecule has 0 unspecified atom stereocenters. The summed E-state index contributed by atoms with van der Waals surface area (Å²) in [4.78, 5) is 18.9. The van der Waals surface area contributed by atoms with Crippen molar-refractivity contribution in [3.05, 3.63) is 18.2 Å². The van der Waals surface area contributed by atoms with E-state index in [0.717, 1.165) is 47.2 Å². The Kier molecular flexibility index (Phi) is 4.71. The lowest BCUT2D eigenvalue weighted by atomic mass is 10.00. The van der Waals surface area contributed by atoms with Crippen molar-refractivity contribution in [1.29, 1.82) is 0 Å². The zero-order valence-electron chi connectivity index (χ0n) is 13.8. The van der Waals surface area contributed by atoms with E-state index in [1.54, 1.807) is 18.4 Å². The minimum absolute atomic E-state index is 0.0868. The second kappa shape index (κ2) is 6.74. The monoisotopic (exact) mass is 333 g/mol. The van der Waals surface area contributed by atoms with Crippen LogP contribution in [0.15, 0.2) is 18.2 Å². The SMILES string of the molecule is COc1ccc2sc(N3CC(C(=O)NCCC(C)C)C3)nc2c1. The number of anilines is 1. The Morgan fingerprint density at radius 1 is 1.48 bits per heavy atom. The van der Waals surface area contributed by atoms with Crippen LogP contribution in [0.5, 0.6) is 5.75 Å². The number of amides is 1. The van der Waals surface area contributed by atoms with Gasteiger partial charge in [0, 0.05) is 25.7 Å². The lowest BCUT2D eigenvalue weighted by Crippen LogP contribution is -2.53. The molecule has 1 saturated heterocycles. The number of carbonyl (C=O) groups is 1. The molecule has 1 N–H and O–H groups in total. The third-order valence-corrected chi connectivity index (χ3v) is 5.22. The molecule has 6 heteroatoms. The fourth-order valence-electron chi connectivity index (χ4n) is 2.59. The van der Waals surface area contributed by atoms with E-state index in [9.17, 15) is 4.79 Å². The quantitative estimate of drug-likeness (QED) is 0.883. The highest BCUT2D eigenvalue weighted by Crippen LogP contribution is 2.34. The number of ether oxygens (including phenoxy) is 1. The minimum Gasteiger partial charge on any atom is -0.497 e. The molecule has 23 heavy (non-hydrogen) atoms. The van der Waals surface area contributed by atoms with Gasteiger partial charge in [0.2, 0.25) is 5.91 Å². The van der Waals surface area contributed by atoms with Crippen LogP contribution in [-0.2, 0) is 4.79 Å². The van der Waals surface area contributed by atoms with Gasteiger partial charge >= 0.3 is 0 Å². The molecule has 5 nitrogen and oxygen atoms in total. The molecule has 0 spiro atoms. The van der Waals surface area contributed by atoms with Crippen LogP contribution in [0.4, 0.5) is 5.13 Å². The number of thiazole rings is 1. The van der Waals surface area contributed by atoms with Gasteiger partial charge in [0.15, 0.2) is 5.13 Å².